The van der Waals surface area contributed by atoms with Gasteiger partial charge < -0.3 is 4.74 Å². The van der Waals surface area contributed by atoms with Crippen LogP contribution in [0.1, 0.15) is 24.0 Å². The Balaban J connectivity index is 1.75. The van der Waals surface area contributed by atoms with Gasteiger partial charge in [0.25, 0.3) is 0 Å². The highest BCUT2D eigenvalue weighted by molar-refractivity contribution is 5.86. The highest BCUT2D eigenvalue weighted by atomic mass is 16.5. The summed E-state index contributed by atoms with van der Waals surface area (Å²) in [5, 5.41) is 7.20. The summed E-state index contributed by atoms with van der Waals surface area (Å²) in [7, 11) is 0. The van der Waals surface area contributed by atoms with Crippen LogP contribution in [0.25, 0.3) is 22.4 Å². The molecule has 0 aliphatic heterocycles. The third-order valence-electron chi connectivity index (χ3n) is 5.27. The van der Waals surface area contributed by atoms with Gasteiger partial charge in [0.05, 0.1) is 17.8 Å². The van der Waals surface area contributed by atoms with Crippen LogP contribution in [0, 0.1) is 0 Å². The van der Waals surface area contributed by atoms with Gasteiger partial charge in [0.2, 0.25) is 5.91 Å². The van der Waals surface area contributed by atoms with E-state index in [4.69, 9.17) is 10.6 Å². The van der Waals surface area contributed by atoms with Crippen molar-refractivity contribution in [3.63, 3.8) is 0 Å². The van der Waals surface area contributed by atoms with E-state index in [2.05, 4.69) is 27.8 Å². The van der Waals surface area contributed by atoms with Gasteiger partial charge in [-0.1, -0.05) is 66.7 Å². The lowest BCUT2D eigenvalue weighted by Gasteiger charge is -2.16. The zero-order chi connectivity index (χ0) is 21.6. The zero-order valence-electron chi connectivity index (χ0n) is 17.2. The van der Waals surface area contributed by atoms with Crippen molar-refractivity contribution in [2.24, 2.45) is 5.84 Å². The smallest absolute Gasteiger partial charge is 0.241 e. The number of amides is 1. The maximum absolute atomic E-state index is 12.1. The highest BCUT2D eigenvalue weighted by Crippen LogP contribution is 2.37. The van der Waals surface area contributed by atoms with Crippen LogP contribution < -0.4 is 16.0 Å². The van der Waals surface area contributed by atoms with Crippen LogP contribution >= 0.6 is 0 Å². The van der Waals surface area contributed by atoms with E-state index < -0.39 is 5.92 Å². The van der Waals surface area contributed by atoms with E-state index in [0.717, 1.165) is 33.5 Å². The molecule has 0 saturated heterocycles. The fraction of sp³-hybridized carbons (Fsp3) is 0.120. The first-order valence-electron chi connectivity index (χ1n) is 10.1. The van der Waals surface area contributed by atoms with Crippen LogP contribution in [-0.4, -0.2) is 16.1 Å². The summed E-state index contributed by atoms with van der Waals surface area (Å²) in [4.78, 5) is 12.1. The van der Waals surface area contributed by atoms with E-state index >= 15 is 0 Å². The number of nitrogens with one attached hydrogen (secondary N) is 2. The third-order valence-corrected chi connectivity index (χ3v) is 5.27. The number of ether oxygens (including phenoxy) is 1. The first-order chi connectivity index (χ1) is 15.2. The summed E-state index contributed by atoms with van der Waals surface area (Å²) in [6.45, 7) is 2.22. The van der Waals surface area contributed by atoms with Crippen LogP contribution in [0.2, 0.25) is 0 Å². The third kappa shape index (κ3) is 4.49. The number of rotatable bonds is 7. The molecule has 4 rings (SSSR count). The molecule has 1 atom stereocenters. The molecule has 0 spiro atoms. The van der Waals surface area contributed by atoms with Gasteiger partial charge in [-0.05, 0) is 35.7 Å². The van der Waals surface area contributed by atoms with Gasteiger partial charge in [0.15, 0.2) is 0 Å². The SMILES string of the molecule is CC(C(=O)NN)c1cn[nH]c1-c1ccc(-c2ccccc2)cc1OCc1ccccc1. The molecule has 3 aromatic carbocycles. The Bertz CT molecular complexity index is 1160. The molecule has 6 heteroatoms. The normalized spacial score (nSPS) is 11.7. The lowest BCUT2D eigenvalue weighted by molar-refractivity contribution is -0.122. The molecule has 0 fully saturated rings. The maximum atomic E-state index is 12.1. The van der Waals surface area contributed by atoms with Crippen molar-refractivity contribution >= 4 is 5.91 Å². The molecule has 0 radical (unpaired) electrons. The van der Waals surface area contributed by atoms with Crippen molar-refractivity contribution in [1.29, 1.82) is 0 Å². The highest BCUT2D eigenvalue weighted by Gasteiger charge is 2.22. The molecule has 0 saturated carbocycles. The Labute approximate surface area is 181 Å². The number of hydrogen-bond acceptors (Lipinski definition) is 4. The summed E-state index contributed by atoms with van der Waals surface area (Å²) in [6, 6.07) is 26.2. The molecule has 4 aromatic rings. The van der Waals surface area contributed by atoms with Crippen molar-refractivity contribution in [2.45, 2.75) is 19.4 Å². The quantitative estimate of drug-likeness (QED) is 0.238. The number of hydrazine groups is 1. The van der Waals surface area contributed by atoms with Gasteiger partial charge >= 0.3 is 0 Å². The molecule has 0 bridgehead atoms. The Kier molecular flexibility index (Phi) is 6.10. The molecular formula is C25H24N4O2. The van der Waals surface area contributed by atoms with Gasteiger partial charge in [-0.15, -0.1) is 0 Å². The molecule has 1 amide bonds. The number of carbonyl (C=O) groups excluding carboxylic acids is 1. The Morgan fingerprint density at radius 3 is 2.45 bits per heavy atom. The van der Waals surface area contributed by atoms with Crippen LogP contribution in [-0.2, 0) is 11.4 Å². The van der Waals surface area contributed by atoms with Crippen LogP contribution in [0.15, 0.2) is 85.1 Å². The van der Waals surface area contributed by atoms with Crippen molar-refractivity contribution < 1.29 is 9.53 Å². The predicted molar refractivity (Wildman–Crippen MR) is 121 cm³/mol. The molecule has 1 aromatic heterocycles. The summed E-state index contributed by atoms with van der Waals surface area (Å²) < 4.78 is 6.26. The molecule has 1 unspecified atom stereocenters. The van der Waals surface area contributed by atoms with Gasteiger partial charge in [-0.3, -0.25) is 15.3 Å². The van der Waals surface area contributed by atoms with Crippen LogP contribution in [0.5, 0.6) is 5.75 Å². The van der Waals surface area contributed by atoms with Crippen LogP contribution in [0.3, 0.4) is 0 Å². The number of benzene rings is 3. The Morgan fingerprint density at radius 1 is 1.03 bits per heavy atom. The van der Waals surface area contributed by atoms with E-state index in [1.165, 1.54) is 0 Å². The zero-order valence-corrected chi connectivity index (χ0v) is 17.2. The van der Waals surface area contributed by atoms with E-state index in [1.807, 2.05) is 66.7 Å². The topological polar surface area (TPSA) is 93.0 Å². The second-order valence-electron chi connectivity index (χ2n) is 7.28. The van der Waals surface area contributed by atoms with Crippen molar-refractivity contribution in [3.05, 3.63) is 96.2 Å². The Morgan fingerprint density at radius 2 is 1.74 bits per heavy atom. The predicted octanol–water partition coefficient (Wildman–Crippen LogP) is 4.42. The van der Waals surface area contributed by atoms with Crippen molar-refractivity contribution in [2.75, 3.05) is 0 Å². The van der Waals surface area contributed by atoms with E-state index in [1.54, 1.807) is 13.1 Å². The molecule has 0 aliphatic carbocycles. The van der Waals surface area contributed by atoms with E-state index in [9.17, 15) is 4.79 Å². The maximum Gasteiger partial charge on any atom is 0.241 e. The van der Waals surface area contributed by atoms with Crippen molar-refractivity contribution in [1.82, 2.24) is 15.6 Å². The van der Waals surface area contributed by atoms with Gasteiger partial charge in [-0.25, -0.2) is 5.84 Å². The van der Waals surface area contributed by atoms with Gasteiger partial charge in [0, 0.05) is 11.1 Å². The molecule has 1 heterocycles. The summed E-state index contributed by atoms with van der Waals surface area (Å²) in [6.07, 6.45) is 1.65. The monoisotopic (exact) mass is 412 g/mol. The average molecular weight is 412 g/mol. The standard InChI is InChI=1S/C25H24N4O2/c1-17(25(30)28-26)22-15-27-29-24(22)21-13-12-20(19-10-6-3-7-11-19)14-23(21)31-16-18-8-4-2-5-9-18/h2-15,17H,16,26H2,1H3,(H,27,29)(H,28,30). The fourth-order valence-electron chi connectivity index (χ4n) is 3.50. The molecule has 6 nitrogen and oxygen atoms in total. The lowest BCUT2D eigenvalue weighted by atomic mass is 9.95. The first kappa shape index (κ1) is 20.4. The summed E-state index contributed by atoms with van der Waals surface area (Å²) >= 11 is 0. The Hall–Kier alpha value is -3.90. The van der Waals surface area contributed by atoms with E-state index in [-0.39, 0.29) is 5.91 Å². The minimum absolute atomic E-state index is 0.282. The van der Waals surface area contributed by atoms with E-state index in [0.29, 0.717) is 12.4 Å². The van der Waals surface area contributed by atoms with Crippen molar-refractivity contribution in [3.8, 4) is 28.1 Å². The lowest BCUT2D eigenvalue weighted by Crippen LogP contribution is -2.33. The summed E-state index contributed by atoms with van der Waals surface area (Å²) in [5.74, 6) is 5.30. The minimum Gasteiger partial charge on any atom is -0.488 e. The number of aromatic nitrogens is 2. The van der Waals surface area contributed by atoms with Gasteiger partial charge in [0.1, 0.15) is 12.4 Å². The molecule has 0 aliphatic rings. The average Bonchev–Trinajstić information content (AvgIpc) is 3.32. The molecule has 156 valence electrons. The number of aromatic amines is 1. The first-order valence-corrected chi connectivity index (χ1v) is 10.1. The molecule has 31 heavy (non-hydrogen) atoms. The number of carbonyl (C=O) groups is 1. The minimum atomic E-state index is -0.463. The van der Waals surface area contributed by atoms with Gasteiger partial charge in [-0.2, -0.15) is 5.10 Å². The number of hydrogen-bond donors (Lipinski definition) is 3. The summed E-state index contributed by atoms with van der Waals surface area (Å²) in [5.41, 5.74) is 7.74. The molecule has 4 N–H and O–H groups in total. The number of H-pyrrole nitrogens is 1. The number of nitrogens with two attached hydrogens (primary N) is 1. The number of nitrogens with zero attached hydrogens (tertiary/aromatic N) is 1. The fourth-order valence-corrected chi connectivity index (χ4v) is 3.50. The largest absolute Gasteiger partial charge is 0.488 e. The van der Waals surface area contributed by atoms with Crippen LogP contribution in [0.4, 0.5) is 0 Å². The molecular weight excluding hydrogens is 388 g/mol. The second-order valence-corrected chi connectivity index (χ2v) is 7.28. The second kappa shape index (κ2) is 9.28.